The highest BCUT2D eigenvalue weighted by Crippen LogP contribution is 2.42. The number of carbonyl (C=O) groups is 1. The summed E-state index contributed by atoms with van der Waals surface area (Å²) in [5.41, 5.74) is 3.93. The van der Waals surface area contributed by atoms with Gasteiger partial charge in [0.1, 0.15) is 0 Å². The predicted octanol–water partition coefficient (Wildman–Crippen LogP) is 4.09. The van der Waals surface area contributed by atoms with E-state index in [-0.39, 0.29) is 5.78 Å². The molecule has 0 radical (unpaired) electrons. The highest BCUT2D eigenvalue weighted by atomic mass is 32.2. The van der Waals surface area contributed by atoms with E-state index in [2.05, 4.69) is 5.16 Å². The summed E-state index contributed by atoms with van der Waals surface area (Å²) in [7, 11) is -3.24. The number of sulfone groups is 1. The van der Waals surface area contributed by atoms with Gasteiger partial charge >= 0.3 is 0 Å². The number of aromatic nitrogens is 1. The first-order valence-corrected chi connectivity index (χ1v) is 11.1. The molecule has 0 aliphatic heterocycles. The molecule has 0 saturated heterocycles. The molecule has 1 saturated carbocycles. The van der Waals surface area contributed by atoms with E-state index in [1.54, 1.807) is 12.1 Å². The van der Waals surface area contributed by atoms with Gasteiger partial charge in [-0.3, -0.25) is 4.79 Å². The zero-order valence-corrected chi connectivity index (χ0v) is 16.6. The van der Waals surface area contributed by atoms with Crippen molar-refractivity contribution < 1.29 is 17.7 Å². The molecule has 6 heteroatoms. The molecule has 1 aromatic heterocycles. The van der Waals surface area contributed by atoms with Crippen molar-refractivity contribution >= 4 is 15.6 Å². The standard InChI is InChI=1S/C22H21NO4S/c1-14-11-18(28(2,25)26)10-9-16(14)12-17-5-3-4-6-19(17)21(24)20-13-23-27-22(20)15-7-8-15/h3-6,9-11,13,15H,7-8,12H2,1-2H3. The third-order valence-corrected chi connectivity index (χ3v) is 6.29. The van der Waals surface area contributed by atoms with E-state index in [0.29, 0.717) is 34.1 Å². The topological polar surface area (TPSA) is 77.2 Å². The van der Waals surface area contributed by atoms with Crippen molar-refractivity contribution in [3.63, 3.8) is 0 Å². The van der Waals surface area contributed by atoms with Gasteiger partial charge in [0.25, 0.3) is 0 Å². The van der Waals surface area contributed by atoms with Crippen molar-refractivity contribution in [2.24, 2.45) is 0 Å². The maximum Gasteiger partial charge on any atom is 0.198 e. The monoisotopic (exact) mass is 395 g/mol. The summed E-state index contributed by atoms with van der Waals surface area (Å²) in [5.74, 6) is 0.914. The Kier molecular flexibility index (Phi) is 4.67. The van der Waals surface area contributed by atoms with Crippen molar-refractivity contribution in [1.29, 1.82) is 0 Å². The molecule has 1 fully saturated rings. The minimum Gasteiger partial charge on any atom is -0.360 e. The van der Waals surface area contributed by atoms with Gasteiger partial charge in [-0.2, -0.15) is 0 Å². The number of hydrogen-bond acceptors (Lipinski definition) is 5. The number of nitrogens with zero attached hydrogens (tertiary/aromatic N) is 1. The quantitative estimate of drug-likeness (QED) is 0.588. The van der Waals surface area contributed by atoms with Crippen LogP contribution in [-0.2, 0) is 16.3 Å². The Bertz CT molecular complexity index is 1160. The van der Waals surface area contributed by atoms with Gasteiger partial charge in [-0.05, 0) is 55.0 Å². The van der Waals surface area contributed by atoms with E-state index in [4.69, 9.17) is 4.52 Å². The molecule has 0 atom stereocenters. The zero-order chi connectivity index (χ0) is 19.9. The number of aryl methyl sites for hydroxylation is 1. The molecule has 1 aliphatic carbocycles. The van der Waals surface area contributed by atoms with Crippen LogP contribution in [0.4, 0.5) is 0 Å². The first-order valence-electron chi connectivity index (χ1n) is 9.21. The van der Waals surface area contributed by atoms with Crippen molar-refractivity contribution in [2.45, 2.75) is 37.0 Å². The van der Waals surface area contributed by atoms with Gasteiger partial charge in [0, 0.05) is 17.7 Å². The molecule has 1 heterocycles. The third-order valence-electron chi connectivity index (χ3n) is 5.18. The zero-order valence-electron chi connectivity index (χ0n) is 15.8. The van der Waals surface area contributed by atoms with Crippen molar-refractivity contribution in [3.05, 3.63) is 82.2 Å². The molecule has 0 amide bonds. The highest BCUT2D eigenvalue weighted by Gasteiger charge is 2.33. The van der Waals surface area contributed by atoms with E-state index in [0.717, 1.165) is 29.5 Å². The lowest BCUT2D eigenvalue weighted by atomic mass is 9.92. The predicted molar refractivity (Wildman–Crippen MR) is 105 cm³/mol. The van der Waals surface area contributed by atoms with Crippen LogP contribution in [0.3, 0.4) is 0 Å². The molecule has 28 heavy (non-hydrogen) atoms. The Morgan fingerprint density at radius 1 is 1.11 bits per heavy atom. The second-order valence-electron chi connectivity index (χ2n) is 7.40. The summed E-state index contributed by atoms with van der Waals surface area (Å²) < 4.78 is 28.8. The summed E-state index contributed by atoms with van der Waals surface area (Å²) in [4.78, 5) is 13.5. The van der Waals surface area contributed by atoms with Crippen LogP contribution in [0.1, 0.15) is 57.1 Å². The SMILES string of the molecule is Cc1cc(S(C)(=O)=O)ccc1Cc1ccccc1C(=O)c1cnoc1C1CC1. The summed E-state index contributed by atoms with van der Waals surface area (Å²) in [5, 5.41) is 3.84. The highest BCUT2D eigenvalue weighted by molar-refractivity contribution is 7.90. The van der Waals surface area contributed by atoms with Gasteiger partial charge in [0.15, 0.2) is 21.4 Å². The molecule has 0 unspecified atom stereocenters. The van der Waals surface area contributed by atoms with Crippen LogP contribution in [0.5, 0.6) is 0 Å². The van der Waals surface area contributed by atoms with Crippen molar-refractivity contribution in [3.8, 4) is 0 Å². The molecule has 0 spiro atoms. The number of hydrogen-bond donors (Lipinski definition) is 0. The third kappa shape index (κ3) is 3.64. The Morgan fingerprint density at radius 3 is 2.54 bits per heavy atom. The molecular formula is C22H21NO4S. The molecule has 1 aliphatic rings. The van der Waals surface area contributed by atoms with E-state index in [1.165, 1.54) is 12.5 Å². The van der Waals surface area contributed by atoms with E-state index in [1.807, 2.05) is 37.3 Å². The fraction of sp³-hybridized carbons (Fsp3) is 0.273. The Labute approximate surface area is 164 Å². The van der Waals surface area contributed by atoms with Crippen LogP contribution in [0.2, 0.25) is 0 Å². The summed E-state index contributed by atoms with van der Waals surface area (Å²) >= 11 is 0. The lowest BCUT2D eigenvalue weighted by molar-refractivity contribution is 0.103. The molecule has 5 nitrogen and oxygen atoms in total. The Hall–Kier alpha value is -2.73. The second-order valence-corrected chi connectivity index (χ2v) is 9.42. The van der Waals surface area contributed by atoms with Crippen molar-refractivity contribution in [2.75, 3.05) is 6.26 Å². The smallest absolute Gasteiger partial charge is 0.198 e. The molecule has 3 aromatic rings. The lowest BCUT2D eigenvalue weighted by Gasteiger charge is -2.11. The van der Waals surface area contributed by atoms with Crippen LogP contribution in [0.25, 0.3) is 0 Å². The van der Waals surface area contributed by atoms with E-state index in [9.17, 15) is 13.2 Å². The van der Waals surface area contributed by atoms with Crippen LogP contribution >= 0.6 is 0 Å². The molecule has 0 N–H and O–H groups in total. The van der Waals surface area contributed by atoms with Gasteiger partial charge in [0.05, 0.1) is 16.7 Å². The minimum absolute atomic E-state index is 0.0795. The summed E-state index contributed by atoms with van der Waals surface area (Å²) in [6.07, 6.45) is 5.32. The average Bonchev–Trinajstić information content (AvgIpc) is 3.39. The molecule has 0 bridgehead atoms. The Balaban J connectivity index is 1.67. The normalized spacial score (nSPS) is 14.2. The van der Waals surface area contributed by atoms with Crippen LogP contribution in [0.15, 0.2) is 58.1 Å². The fourth-order valence-corrected chi connectivity index (χ4v) is 4.11. The summed E-state index contributed by atoms with van der Waals surface area (Å²) in [6, 6.07) is 12.6. The van der Waals surface area contributed by atoms with E-state index >= 15 is 0 Å². The number of ketones is 1. The van der Waals surface area contributed by atoms with Gasteiger partial charge < -0.3 is 4.52 Å². The van der Waals surface area contributed by atoms with Crippen molar-refractivity contribution in [1.82, 2.24) is 5.16 Å². The van der Waals surface area contributed by atoms with Crippen LogP contribution in [-0.4, -0.2) is 25.6 Å². The number of benzene rings is 2. The number of carbonyl (C=O) groups excluding carboxylic acids is 1. The first kappa shape index (κ1) is 18.6. The van der Waals surface area contributed by atoms with Gasteiger partial charge in [-0.25, -0.2) is 8.42 Å². The molecule has 144 valence electrons. The lowest BCUT2D eigenvalue weighted by Crippen LogP contribution is -2.08. The van der Waals surface area contributed by atoms with Crippen LogP contribution in [0, 0.1) is 6.92 Å². The van der Waals surface area contributed by atoms with Gasteiger partial charge in [-0.15, -0.1) is 0 Å². The van der Waals surface area contributed by atoms with E-state index < -0.39 is 9.84 Å². The average molecular weight is 395 g/mol. The molecule has 4 rings (SSSR count). The molecular weight excluding hydrogens is 374 g/mol. The minimum atomic E-state index is -3.24. The first-order chi connectivity index (χ1) is 13.3. The second kappa shape index (κ2) is 7.02. The molecule has 2 aromatic carbocycles. The number of rotatable bonds is 6. The van der Waals surface area contributed by atoms with Crippen LogP contribution < -0.4 is 0 Å². The largest absolute Gasteiger partial charge is 0.360 e. The fourth-order valence-electron chi connectivity index (χ4n) is 3.40. The van der Waals surface area contributed by atoms with Gasteiger partial charge in [-0.1, -0.05) is 35.5 Å². The Morgan fingerprint density at radius 2 is 1.86 bits per heavy atom. The summed E-state index contributed by atoms with van der Waals surface area (Å²) in [6.45, 7) is 1.89. The maximum absolute atomic E-state index is 13.2. The van der Waals surface area contributed by atoms with Gasteiger partial charge in [0.2, 0.25) is 0 Å². The maximum atomic E-state index is 13.2.